The molecule has 1 fully saturated rings. The maximum atomic E-state index is 12.8. The van der Waals surface area contributed by atoms with Crippen molar-refractivity contribution >= 4 is 15.7 Å². The van der Waals surface area contributed by atoms with Crippen molar-refractivity contribution in [3.63, 3.8) is 0 Å². The van der Waals surface area contributed by atoms with E-state index < -0.39 is 10.0 Å². The van der Waals surface area contributed by atoms with Crippen LogP contribution >= 0.6 is 0 Å². The van der Waals surface area contributed by atoms with Gasteiger partial charge in [0.1, 0.15) is 0 Å². The molecule has 10 heteroatoms. The molecular weight excluding hydrogens is 464 g/mol. The highest BCUT2D eigenvalue weighted by molar-refractivity contribution is 7.89. The number of sulfonamides is 1. The van der Waals surface area contributed by atoms with Gasteiger partial charge in [-0.3, -0.25) is 4.98 Å². The number of nitrogens with one attached hydrogen (secondary N) is 1. The molecule has 35 heavy (non-hydrogen) atoms. The SMILES string of the molecule is CN1CCN(c2ccc(S(=O)(=O)NCc3ccc(-c4nc(-c5cccnc5)no4)cc3)cc2)CC1. The minimum Gasteiger partial charge on any atom is -0.369 e. The Hall–Kier alpha value is -3.60. The van der Waals surface area contributed by atoms with Gasteiger partial charge >= 0.3 is 0 Å². The fourth-order valence-corrected chi connectivity index (χ4v) is 4.90. The van der Waals surface area contributed by atoms with E-state index in [1.807, 2.05) is 48.5 Å². The molecule has 2 aromatic carbocycles. The third-order valence-electron chi connectivity index (χ3n) is 6.03. The number of anilines is 1. The van der Waals surface area contributed by atoms with Crippen molar-refractivity contribution in [1.29, 1.82) is 0 Å². The summed E-state index contributed by atoms with van der Waals surface area (Å²) in [5.74, 6) is 0.847. The van der Waals surface area contributed by atoms with Gasteiger partial charge in [0.05, 0.1) is 4.90 Å². The van der Waals surface area contributed by atoms with Gasteiger partial charge in [-0.2, -0.15) is 4.98 Å². The third-order valence-corrected chi connectivity index (χ3v) is 7.45. The Bertz CT molecular complexity index is 1360. The van der Waals surface area contributed by atoms with Gasteiger partial charge in [-0.05, 0) is 61.1 Å². The maximum Gasteiger partial charge on any atom is 0.258 e. The van der Waals surface area contributed by atoms with Crippen LogP contribution in [0.5, 0.6) is 0 Å². The van der Waals surface area contributed by atoms with Crippen molar-refractivity contribution in [3.8, 4) is 22.8 Å². The normalized spacial score (nSPS) is 14.8. The van der Waals surface area contributed by atoms with Gasteiger partial charge in [0.2, 0.25) is 15.8 Å². The summed E-state index contributed by atoms with van der Waals surface area (Å²) in [5.41, 5.74) is 3.38. The second-order valence-electron chi connectivity index (χ2n) is 8.47. The van der Waals surface area contributed by atoms with E-state index in [1.165, 1.54) is 0 Å². The zero-order chi connectivity index (χ0) is 24.3. The minimum atomic E-state index is -3.63. The molecule has 0 saturated carbocycles. The van der Waals surface area contributed by atoms with Crippen LogP contribution in [0.25, 0.3) is 22.8 Å². The molecule has 0 aliphatic carbocycles. The summed E-state index contributed by atoms with van der Waals surface area (Å²) in [5, 5.41) is 4.00. The van der Waals surface area contributed by atoms with Crippen LogP contribution in [-0.2, 0) is 16.6 Å². The Balaban J connectivity index is 1.20. The average Bonchev–Trinajstić information content (AvgIpc) is 3.39. The highest BCUT2D eigenvalue weighted by Crippen LogP contribution is 2.23. The molecule has 1 aliphatic rings. The number of benzene rings is 2. The van der Waals surface area contributed by atoms with Gasteiger partial charge in [0.15, 0.2) is 0 Å². The van der Waals surface area contributed by atoms with Gasteiger partial charge in [0.25, 0.3) is 5.89 Å². The fraction of sp³-hybridized carbons (Fsp3) is 0.240. The molecular formula is C25H26N6O3S. The van der Waals surface area contributed by atoms with E-state index in [4.69, 9.17) is 4.52 Å². The molecule has 1 N–H and O–H groups in total. The first kappa shape index (κ1) is 23.2. The first-order valence-corrected chi connectivity index (χ1v) is 12.8. The Labute approximate surface area is 204 Å². The summed E-state index contributed by atoms with van der Waals surface area (Å²) < 4.78 is 33.6. The number of piperazine rings is 1. The van der Waals surface area contributed by atoms with E-state index in [0.717, 1.165) is 48.6 Å². The van der Waals surface area contributed by atoms with E-state index in [9.17, 15) is 8.42 Å². The van der Waals surface area contributed by atoms with E-state index >= 15 is 0 Å². The Morgan fingerprint density at radius 1 is 0.943 bits per heavy atom. The molecule has 4 aromatic rings. The largest absolute Gasteiger partial charge is 0.369 e. The highest BCUT2D eigenvalue weighted by Gasteiger charge is 2.17. The summed E-state index contributed by atoms with van der Waals surface area (Å²) >= 11 is 0. The lowest BCUT2D eigenvalue weighted by molar-refractivity contribution is 0.313. The Morgan fingerprint density at radius 2 is 1.69 bits per heavy atom. The predicted molar refractivity (Wildman–Crippen MR) is 133 cm³/mol. The van der Waals surface area contributed by atoms with Gasteiger partial charge in [-0.15, -0.1) is 0 Å². The Morgan fingerprint density at radius 3 is 2.37 bits per heavy atom. The van der Waals surface area contributed by atoms with Crippen LogP contribution in [0.15, 0.2) is 82.5 Å². The van der Waals surface area contributed by atoms with Gasteiger partial charge in [0, 0.05) is 61.9 Å². The smallest absolute Gasteiger partial charge is 0.258 e. The van der Waals surface area contributed by atoms with E-state index in [-0.39, 0.29) is 11.4 Å². The average molecular weight is 491 g/mol. The molecule has 5 rings (SSSR count). The van der Waals surface area contributed by atoms with Crippen molar-refractivity contribution in [2.75, 3.05) is 38.1 Å². The fourth-order valence-electron chi connectivity index (χ4n) is 3.88. The summed E-state index contributed by atoms with van der Waals surface area (Å²) in [7, 11) is -1.52. The van der Waals surface area contributed by atoms with E-state index in [2.05, 4.69) is 36.7 Å². The maximum absolute atomic E-state index is 12.8. The van der Waals surface area contributed by atoms with E-state index in [0.29, 0.717) is 11.7 Å². The van der Waals surface area contributed by atoms with Crippen LogP contribution in [0, 0.1) is 0 Å². The van der Waals surface area contributed by atoms with Gasteiger partial charge in [-0.1, -0.05) is 17.3 Å². The number of rotatable bonds is 7. The number of hydrogen-bond donors (Lipinski definition) is 1. The molecule has 0 amide bonds. The van der Waals surface area contributed by atoms with Crippen molar-refractivity contribution in [2.24, 2.45) is 0 Å². The molecule has 9 nitrogen and oxygen atoms in total. The van der Waals surface area contributed by atoms with Crippen LogP contribution in [0.1, 0.15) is 5.56 Å². The number of likely N-dealkylation sites (N-methyl/N-ethyl adjacent to an activating group) is 1. The van der Waals surface area contributed by atoms with Crippen LogP contribution in [0.2, 0.25) is 0 Å². The second-order valence-corrected chi connectivity index (χ2v) is 10.2. The van der Waals surface area contributed by atoms with Gasteiger partial charge < -0.3 is 14.3 Å². The van der Waals surface area contributed by atoms with Crippen molar-refractivity contribution in [3.05, 3.63) is 78.6 Å². The van der Waals surface area contributed by atoms with Crippen LogP contribution in [-0.4, -0.2) is 61.7 Å². The van der Waals surface area contributed by atoms with Gasteiger partial charge in [-0.25, -0.2) is 13.1 Å². The van der Waals surface area contributed by atoms with Crippen LogP contribution < -0.4 is 9.62 Å². The molecule has 1 aliphatic heterocycles. The first-order chi connectivity index (χ1) is 17.0. The molecule has 0 bridgehead atoms. The zero-order valence-electron chi connectivity index (χ0n) is 19.3. The molecule has 0 atom stereocenters. The lowest BCUT2D eigenvalue weighted by atomic mass is 10.1. The summed E-state index contributed by atoms with van der Waals surface area (Å²) in [6, 6.07) is 18.1. The number of nitrogens with zero attached hydrogens (tertiary/aromatic N) is 5. The molecule has 2 aromatic heterocycles. The summed E-state index contributed by atoms with van der Waals surface area (Å²) in [4.78, 5) is 13.3. The van der Waals surface area contributed by atoms with Crippen molar-refractivity contribution in [1.82, 2.24) is 24.7 Å². The minimum absolute atomic E-state index is 0.174. The van der Waals surface area contributed by atoms with E-state index in [1.54, 1.807) is 24.5 Å². The molecule has 3 heterocycles. The highest BCUT2D eigenvalue weighted by atomic mass is 32.2. The lowest BCUT2D eigenvalue weighted by Gasteiger charge is -2.34. The quantitative estimate of drug-likeness (QED) is 0.422. The zero-order valence-corrected chi connectivity index (χ0v) is 20.1. The molecule has 0 unspecified atom stereocenters. The molecule has 1 saturated heterocycles. The lowest BCUT2D eigenvalue weighted by Crippen LogP contribution is -2.44. The predicted octanol–water partition coefficient (Wildman–Crippen LogP) is 3.03. The summed E-state index contributed by atoms with van der Waals surface area (Å²) in [6.45, 7) is 4.04. The van der Waals surface area contributed by atoms with Crippen LogP contribution in [0.4, 0.5) is 5.69 Å². The van der Waals surface area contributed by atoms with Crippen molar-refractivity contribution in [2.45, 2.75) is 11.4 Å². The number of hydrogen-bond acceptors (Lipinski definition) is 8. The van der Waals surface area contributed by atoms with Crippen LogP contribution in [0.3, 0.4) is 0 Å². The molecule has 0 radical (unpaired) electrons. The summed E-state index contributed by atoms with van der Waals surface area (Å²) in [6.07, 6.45) is 3.35. The number of pyridine rings is 1. The molecule has 180 valence electrons. The molecule has 0 spiro atoms. The number of aromatic nitrogens is 3. The van der Waals surface area contributed by atoms with Crippen molar-refractivity contribution < 1.29 is 12.9 Å². The standard InChI is InChI=1S/C25H26N6O3S/c1-30-13-15-31(16-14-30)22-8-10-23(11-9-22)35(32,33)27-17-19-4-6-20(7-5-19)25-28-24(29-34-25)21-3-2-12-26-18-21/h2-12,18,27H,13-17H2,1H3. The first-order valence-electron chi connectivity index (χ1n) is 11.3. The Kier molecular flexibility index (Phi) is 6.58. The topological polar surface area (TPSA) is 104 Å². The monoisotopic (exact) mass is 490 g/mol. The second kappa shape index (κ2) is 9.95. The third kappa shape index (κ3) is 5.40.